The molecule has 0 saturated carbocycles. The molecule has 0 radical (unpaired) electrons. The van der Waals surface area contributed by atoms with Gasteiger partial charge in [0.15, 0.2) is 0 Å². The van der Waals surface area contributed by atoms with Crippen LogP contribution >= 0.6 is 0 Å². The maximum absolute atomic E-state index is 14.7. The fourth-order valence-electron chi connectivity index (χ4n) is 4.28. The summed E-state index contributed by atoms with van der Waals surface area (Å²) < 4.78 is 14.7. The Morgan fingerprint density at radius 2 is 1.81 bits per heavy atom. The molecule has 0 bridgehead atoms. The van der Waals surface area contributed by atoms with Gasteiger partial charge in [0, 0.05) is 39.2 Å². The van der Waals surface area contributed by atoms with Crippen molar-refractivity contribution in [2.24, 2.45) is 5.92 Å². The molecule has 0 aromatic heterocycles. The van der Waals surface area contributed by atoms with Crippen molar-refractivity contribution >= 4 is 17.5 Å². The minimum atomic E-state index is -0.327. The summed E-state index contributed by atoms with van der Waals surface area (Å²) in [5.74, 6) is -0.383. The van der Waals surface area contributed by atoms with E-state index >= 15 is 0 Å². The van der Waals surface area contributed by atoms with Crippen LogP contribution in [0.1, 0.15) is 36.8 Å². The van der Waals surface area contributed by atoms with E-state index in [1.807, 2.05) is 11.0 Å². The lowest BCUT2D eigenvalue weighted by molar-refractivity contribution is -0.137. The van der Waals surface area contributed by atoms with Crippen LogP contribution in [0.15, 0.2) is 12.1 Å². The van der Waals surface area contributed by atoms with Crippen molar-refractivity contribution in [3.63, 3.8) is 0 Å². The molecular formula is C19H24FN3O3. The molecular weight excluding hydrogens is 337 g/mol. The van der Waals surface area contributed by atoms with Crippen LogP contribution in [0.25, 0.3) is 0 Å². The molecule has 1 unspecified atom stereocenters. The number of amides is 2. The van der Waals surface area contributed by atoms with Crippen LogP contribution in [-0.2, 0) is 22.7 Å². The molecule has 3 heterocycles. The molecule has 7 heteroatoms. The molecule has 3 aliphatic rings. The summed E-state index contributed by atoms with van der Waals surface area (Å²) in [4.78, 5) is 27.5. The topological polar surface area (TPSA) is 72.9 Å². The molecule has 1 aromatic carbocycles. The number of hydrogen-bond acceptors (Lipinski definition) is 5. The van der Waals surface area contributed by atoms with Crippen LogP contribution in [-0.4, -0.2) is 47.6 Å². The Bertz CT molecular complexity index is 731. The fraction of sp³-hybridized carbons (Fsp3) is 0.579. The zero-order chi connectivity index (χ0) is 18.3. The largest absolute Gasteiger partial charge is 0.396 e. The molecule has 3 aliphatic heterocycles. The average Bonchev–Trinajstić information content (AvgIpc) is 3.03. The van der Waals surface area contributed by atoms with Crippen molar-refractivity contribution in [3.05, 3.63) is 29.1 Å². The quantitative estimate of drug-likeness (QED) is 0.791. The summed E-state index contributed by atoms with van der Waals surface area (Å²) >= 11 is 0. The van der Waals surface area contributed by atoms with Gasteiger partial charge < -0.3 is 10.0 Å². The van der Waals surface area contributed by atoms with Crippen LogP contribution in [0, 0.1) is 11.7 Å². The Hall–Kier alpha value is -1.99. The van der Waals surface area contributed by atoms with Crippen molar-refractivity contribution in [3.8, 4) is 0 Å². The Morgan fingerprint density at radius 3 is 2.46 bits per heavy atom. The maximum atomic E-state index is 14.7. The molecule has 1 atom stereocenters. The van der Waals surface area contributed by atoms with Crippen LogP contribution in [0.3, 0.4) is 0 Å². The number of fused-ring (bicyclic) bond motifs is 1. The molecule has 0 spiro atoms. The molecule has 2 fully saturated rings. The number of carbonyl (C=O) groups is 2. The molecule has 26 heavy (non-hydrogen) atoms. The van der Waals surface area contributed by atoms with Gasteiger partial charge in [-0.15, -0.1) is 0 Å². The zero-order valence-corrected chi connectivity index (χ0v) is 14.7. The first-order valence-electron chi connectivity index (χ1n) is 9.30. The second-order valence-corrected chi connectivity index (χ2v) is 7.56. The highest BCUT2D eigenvalue weighted by molar-refractivity contribution is 6.00. The summed E-state index contributed by atoms with van der Waals surface area (Å²) in [5.41, 5.74) is 2.59. The summed E-state index contributed by atoms with van der Waals surface area (Å²) in [7, 11) is 0. The van der Waals surface area contributed by atoms with E-state index in [2.05, 4.69) is 10.2 Å². The van der Waals surface area contributed by atoms with Crippen molar-refractivity contribution in [2.45, 2.75) is 44.8 Å². The van der Waals surface area contributed by atoms with Gasteiger partial charge in [0.05, 0.1) is 11.7 Å². The number of nitrogens with zero attached hydrogens (tertiary/aromatic N) is 2. The van der Waals surface area contributed by atoms with E-state index in [9.17, 15) is 19.1 Å². The predicted molar refractivity (Wildman–Crippen MR) is 93.8 cm³/mol. The number of anilines is 1. The average molecular weight is 361 g/mol. The van der Waals surface area contributed by atoms with E-state index in [0.717, 1.165) is 37.1 Å². The molecule has 140 valence electrons. The first kappa shape index (κ1) is 17.4. The summed E-state index contributed by atoms with van der Waals surface area (Å²) in [5, 5.41) is 11.7. The van der Waals surface area contributed by atoms with Crippen LogP contribution in [0.5, 0.6) is 0 Å². The smallest absolute Gasteiger partial charge is 0.243 e. The molecule has 0 aliphatic carbocycles. The second-order valence-electron chi connectivity index (χ2n) is 7.56. The molecule has 2 saturated heterocycles. The first-order valence-corrected chi connectivity index (χ1v) is 9.30. The zero-order valence-electron chi connectivity index (χ0n) is 14.7. The monoisotopic (exact) mass is 361 g/mol. The van der Waals surface area contributed by atoms with Crippen molar-refractivity contribution < 1.29 is 19.1 Å². The normalized spacial score (nSPS) is 24.7. The Labute approximate surface area is 152 Å². The van der Waals surface area contributed by atoms with Gasteiger partial charge in [-0.3, -0.25) is 19.8 Å². The minimum absolute atomic E-state index is 0.196. The number of piperidine rings is 2. The molecule has 1 aromatic rings. The van der Waals surface area contributed by atoms with Crippen LogP contribution in [0.4, 0.5) is 10.1 Å². The van der Waals surface area contributed by atoms with Crippen LogP contribution in [0.2, 0.25) is 0 Å². The van der Waals surface area contributed by atoms with E-state index in [0.29, 0.717) is 37.5 Å². The number of aliphatic hydroxyl groups is 1. The molecule has 6 nitrogen and oxygen atoms in total. The highest BCUT2D eigenvalue weighted by Gasteiger charge is 2.35. The number of imide groups is 1. The lowest BCUT2D eigenvalue weighted by Crippen LogP contribution is -2.50. The van der Waals surface area contributed by atoms with Crippen molar-refractivity contribution in [2.75, 3.05) is 24.6 Å². The van der Waals surface area contributed by atoms with Gasteiger partial charge >= 0.3 is 0 Å². The third-order valence-corrected chi connectivity index (χ3v) is 5.88. The van der Waals surface area contributed by atoms with E-state index in [4.69, 9.17) is 0 Å². The number of carbonyl (C=O) groups excluding carboxylic acids is 2. The predicted octanol–water partition coefficient (Wildman–Crippen LogP) is 1.16. The Kier molecular flexibility index (Phi) is 4.67. The fourth-order valence-corrected chi connectivity index (χ4v) is 4.28. The minimum Gasteiger partial charge on any atom is -0.396 e. The van der Waals surface area contributed by atoms with Gasteiger partial charge in [0.1, 0.15) is 5.82 Å². The molecule has 2 amide bonds. The second kappa shape index (κ2) is 6.96. The summed E-state index contributed by atoms with van der Waals surface area (Å²) in [6, 6.07) is 3.18. The third-order valence-electron chi connectivity index (χ3n) is 5.88. The highest BCUT2D eigenvalue weighted by Crippen LogP contribution is 2.33. The SMILES string of the molecule is O=C1CCC(N2Cc3cc(F)c(N4CCC(CO)CC4)cc3C2)C(=O)N1. The van der Waals surface area contributed by atoms with Gasteiger partial charge in [0.2, 0.25) is 11.8 Å². The summed E-state index contributed by atoms with van der Waals surface area (Å²) in [6.45, 7) is 2.82. The van der Waals surface area contributed by atoms with E-state index < -0.39 is 0 Å². The Balaban J connectivity index is 1.49. The molecule has 4 rings (SSSR count). The lowest BCUT2D eigenvalue weighted by Gasteiger charge is -2.33. The van der Waals surface area contributed by atoms with Crippen LogP contribution < -0.4 is 10.2 Å². The van der Waals surface area contributed by atoms with Gasteiger partial charge in [-0.25, -0.2) is 4.39 Å². The number of nitrogens with one attached hydrogen (secondary N) is 1. The van der Waals surface area contributed by atoms with Gasteiger partial charge in [-0.05, 0) is 48.4 Å². The molecule has 2 N–H and O–H groups in total. The van der Waals surface area contributed by atoms with Crippen molar-refractivity contribution in [1.29, 1.82) is 0 Å². The highest BCUT2D eigenvalue weighted by atomic mass is 19.1. The summed E-state index contributed by atoms with van der Waals surface area (Å²) in [6.07, 6.45) is 2.61. The van der Waals surface area contributed by atoms with E-state index in [1.54, 1.807) is 6.07 Å². The van der Waals surface area contributed by atoms with E-state index in [-0.39, 0.29) is 30.3 Å². The number of rotatable bonds is 3. The number of halogens is 1. The Morgan fingerprint density at radius 1 is 1.12 bits per heavy atom. The van der Waals surface area contributed by atoms with Crippen molar-refractivity contribution in [1.82, 2.24) is 10.2 Å². The first-order chi connectivity index (χ1) is 12.5. The van der Waals surface area contributed by atoms with Gasteiger partial charge in [-0.2, -0.15) is 0 Å². The van der Waals surface area contributed by atoms with Gasteiger partial charge in [-0.1, -0.05) is 0 Å². The maximum Gasteiger partial charge on any atom is 0.243 e. The number of benzene rings is 1. The third kappa shape index (κ3) is 3.21. The number of hydrogen-bond donors (Lipinski definition) is 2. The lowest BCUT2D eigenvalue weighted by atomic mass is 9.97. The number of aliphatic hydroxyl groups excluding tert-OH is 1. The van der Waals surface area contributed by atoms with Gasteiger partial charge in [0.25, 0.3) is 0 Å². The standard InChI is InChI=1S/C19H24FN3O3/c20-15-7-13-9-23(16-1-2-18(25)21-19(16)26)10-14(13)8-17(15)22-5-3-12(11-24)4-6-22/h7-8,12,16,24H,1-6,9-11H2,(H,21,25,26). The van der Waals surface area contributed by atoms with E-state index in [1.165, 1.54) is 0 Å².